The molecule has 1 aliphatic rings. The topological polar surface area (TPSA) is 79.1 Å². The highest BCUT2D eigenvalue weighted by Gasteiger charge is 2.38. The van der Waals surface area contributed by atoms with Gasteiger partial charge in [0.2, 0.25) is 5.88 Å². The Bertz CT molecular complexity index is 1030. The van der Waals surface area contributed by atoms with Crippen LogP contribution >= 0.6 is 15.9 Å². The van der Waals surface area contributed by atoms with Crippen molar-refractivity contribution in [1.82, 2.24) is 4.98 Å². The van der Waals surface area contributed by atoms with E-state index in [4.69, 9.17) is 10.2 Å². The molecule has 3 aromatic rings. The number of benzene rings is 2. The summed E-state index contributed by atoms with van der Waals surface area (Å²) >= 11 is 3.45. The van der Waals surface area contributed by atoms with Gasteiger partial charge in [0.05, 0.1) is 23.2 Å². The van der Waals surface area contributed by atoms with E-state index in [9.17, 15) is 5.26 Å². The minimum absolute atomic E-state index is 0.357. The SMILES string of the molecule is Cc1nc2c(o1)N(c1ccccc1)C(N)=C(C#N)C2c1ccc(Br)cc1. The molecule has 0 saturated heterocycles. The summed E-state index contributed by atoms with van der Waals surface area (Å²) in [6.07, 6.45) is 0. The summed E-state index contributed by atoms with van der Waals surface area (Å²) in [4.78, 5) is 6.33. The molecule has 2 heterocycles. The van der Waals surface area contributed by atoms with Gasteiger partial charge in [0.15, 0.2) is 5.89 Å². The third-order valence-corrected chi connectivity index (χ3v) is 4.89. The van der Waals surface area contributed by atoms with Crippen LogP contribution in [0.2, 0.25) is 0 Å². The van der Waals surface area contributed by atoms with E-state index in [1.807, 2.05) is 54.6 Å². The lowest BCUT2D eigenvalue weighted by molar-refractivity contribution is 0.522. The Morgan fingerprint density at radius 3 is 2.50 bits per heavy atom. The van der Waals surface area contributed by atoms with Crippen molar-refractivity contribution in [2.24, 2.45) is 5.73 Å². The number of nitrogens with zero attached hydrogens (tertiary/aromatic N) is 3. The van der Waals surface area contributed by atoms with Crippen molar-refractivity contribution in [3.8, 4) is 6.07 Å². The number of nitriles is 1. The number of aryl methyl sites for hydroxylation is 1. The third-order valence-electron chi connectivity index (χ3n) is 4.36. The molecule has 6 heteroatoms. The molecule has 26 heavy (non-hydrogen) atoms. The molecule has 128 valence electrons. The molecular weight excluding hydrogens is 392 g/mol. The summed E-state index contributed by atoms with van der Waals surface area (Å²) in [5.41, 5.74) is 9.35. The summed E-state index contributed by atoms with van der Waals surface area (Å²) in [6.45, 7) is 1.79. The lowest BCUT2D eigenvalue weighted by atomic mass is 9.86. The summed E-state index contributed by atoms with van der Waals surface area (Å²) in [5, 5.41) is 9.86. The highest BCUT2D eigenvalue weighted by molar-refractivity contribution is 9.10. The standard InChI is InChI=1S/C20H15BrN4O/c1-12-24-18-17(13-7-9-14(21)10-8-13)16(11-22)19(23)25(20(18)26-12)15-5-3-2-4-6-15/h2-10,17H,23H2,1H3. The van der Waals surface area contributed by atoms with Crippen LogP contribution in [0.1, 0.15) is 23.1 Å². The highest BCUT2D eigenvalue weighted by Crippen LogP contribution is 2.46. The highest BCUT2D eigenvalue weighted by atomic mass is 79.9. The fraction of sp³-hybridized carbons (Fsp3) is 0.100. The number of allylic oxidation sites excluding steroid dienone is 1. The monoisotopic (exact) mass is 406 g/mol. The van der Waals surface area contributed by atoms with E-state index < -0.39 is 0 Å². The second-order valence-electron chi connectivity index (χ2n) is 5.99. The number of rotatable bonds is 2. The molecule has 1 aromatic heterocycles. The molecule has 4 rings (SSSR count). The number of hydrogen-bond donors (Lipinski definition) is 1. The Hall–Kier alpha value is -3.04. The van der Waals surface area contributed by atoms with Crippen LogP contribution in [-0.2, 0) is 0 Å². The van der Waals surface area contributed by atoms with Gasteiger partial charge in [-0.15, -0.1) is 0 Å². The van der Waals surface area contributed by atoms with Gasteiger partial charge >= 0.3 is 0 Å². The first kappa shape index (κ1) is 16.4. The van der Waals surface area contributed by atoms with Gasteiger partial charge in [-0.3, -0.25) is 4.90 Å². The van der Waals surface area contributed by atoms with Gasteiger partial charge in [-0.1, -0.05) is 46.3 Å². The second kappa shape index (κ2) is 6.36. The van der Waals surface area contributed by atoms with E-state index in [0.29, 0.717) is 28.9 Å². The average molecular weight is 407 g/mol. The van der Waals surface area contributed by atoms with Gasteiger partial charge in [0.1, 0.15) is 11.5 Å². The predicted octanol–water partition coefficient (Wildman–Crippen LogP) is 4.72. The maximum atomic E-state index is 9.86. The summed E-state index contributed by atoms with van der Waals surface area (Å²) < 4.78 is 6.86. The summed E-state index contributed by atoms with van der Waals surface area (Å²) in [5.74, 6) is 1.08. The van der Waals surface area contributed by atoms with Crippen molar-refractivity contribution in [3.05, 3.63) is 87.6 Å². The molecule has 0 bridgehead atoms. The Labute approximate surface area is 159 Å². The van der Waals surface area contributed by atoms with Crippen LogP contribution < -0.4 is 10.6 Å². The summed E-state index contributed by atoms with van der Waals surface area (Å²) in [6, 6.07) is 19.7. The maximum absolute atomic E-state index is 9.86. The number of halogens is 1. The zero-order valence-electron chi connectivity index (χ0n) is 14.0. The van der Waals surface area contributed by atoms with Crippen LogP contribution in [0.15, 0.2) is 74.9 Å². The van der Waals surface area contributed by atoms with E-state index in [1.54, 1.807) is 11.8 Å². The fourth-order valence-corrected chi connectivity index (χ4v) is 3.49. The molecular formula is C20H15BrN4O. The van der Waals surface area contributed by atoms with Gasteiger partial charge in [-0.2, -0.15) is 5.26 Å². The van der Waals surface area contributed by atoms with Crippen molar-refractivity contribution in [2.45, 2.75) is 12.8 Å². The van der Waals surface area contributed by atoms with Crippen LogP contribution in [0.5, 0.6) is 0 Å². The molecule has 0 amide bonds. The Morgan fingerprint density at radius 2 is 1.85 bits per heavy atom. The van der Waals surface area contributed by atoms with Crippen LogP contribution in [0, 0.1) is 18.3 Å². The van der Waals surface area contributed by atoms with E-state index in [1.165, 1.54) is 0 Å². The maximum Gasteiger partial charge on any atom is 0.230 e. The van der Waals surface area contributed by atoms with E-state index in [2.05, 4.69) is 27.0 Å². The minimum atomic E-state index is -0.361. The number of nitrogens with two attached hydrogens (primary N) is 1. The first-order chi connectivity index (χ1) is 12.6. The van der Waals surface area contributed by atoms with Crippen molar-refractivity contribution in [1.29, 1.82) is 5.26 Å². The Balaban J connectivity index is 1.96. The molecule has 5 nitrogen and oxygen atoms in total. The summed E-state index contributed by atoms with van der Waals surface area (Å²) in [7, 11) is 0. The number of fused-ring (bicyclic) bond motifs is 1. The molecule has 0 radical (unpaired) electrons. The normalized spacial score (nSPS) is 16.3. The van der Waals surface area contributed by atoms with Gasteiger partial charge < -0.3 is 10.2 Å². The minimum Gasteiger partial charge on any atom is -0.424 e. The average Bonchev–Trinajstić information content (AvgIpc) is 3.03. The largest absolute Gasteiger partial charge is 0.424 e. The van der Waals surface area contributed by atoms with Gasteiger partial charge in [0.25, 0.3) is 0 Å². The van der Waals surface area contributed by atoms with Crippen LogP contribution in [0.25, 0.3) is 0 Å². The predicted molar refractivity (Wildman–Crippen MR) is 103 cm³/mol. The number of aromatic nitrogens is 1. The molecule has 1 aliphatic heterocycles. The number of anilines is 2. The van der Waals surface area contributed by atoms with Crippen LogP contribution in [0.3, 0.4) is 0 Å². The molecule has 1 atom stereocenters. The van der Waals surface area contributed by atoms with E-state index in [-0.39, 0.29) is 5.92 Å². The molecule has 0 fully saturated rings. The van der Waals surface area contributed by atoms with Crippen molar-refractivity contribution < 1.29 is 4.42 Å². The van der Waals surface area contributed by atoms with Crippen molar-refractivity contribution in [2.75, 3.05) is 4.90 Å². The zero-order valence-corrected chi connectivity index (χ0v) is 15.6. The quantitative estimate of drug-likeness (QED) is 0.665. The number of oxazole rings is 1. The van der Waals surface area contributed by atoms with Gasteiger partial charge in [0, 0.05) is 11.4 Å². The molecule has 0 spiro atoms. The van der Waals surface area contributed by atoms with Crippen LogP contribution in [0.4, 0.5) is 11.6 Å². The lowest BCUT2D eigenvalue weighted by Crippen LogP contribution is -2.31. The number of para-hydroxylation sites is 1. The van der Waals surface area contributed by atoms with E-state index >= 15 is 0 Å². The van der Waals surface area contributed by atoms with Crippen molar-refractivity contribution in [3.63, 3.8) is 0 Å². The van der Waals surface area contributed by atoms with Crippen LogP contribution in [-0.4, -0.2) is 4.98 Å². The van der Waals surface area contributed by atoms with Crippen molar-refractivity contribution >= 4 is 27.5 Å². The lowest BCUT2D eigenvalue weighted by Gasteiger charge is -2.31. The second-order valence-corrected chi connectivity index (χ2v) is 6.91. The molecule has 0 saturated carbocycles. The number of hydrogen-bond acceptors (Lipinski definition) is 5. The zero-order chi connectivity index (χ0) is 18.3. The molecule has 0 aliphatic carbocycles. The van der Waals surface area contributed by atoms with E-state index in [0.717, 1.165) is 15.7 Å². The molecule has 2 aromatic carbocycles. The fourth-order valence-electron chi connectivity index (χ4n) is 3.23. The Kier molecular flexibility index (Phi) is 4.02. The van der Waals surface area contributed by atoms with Gasteiger partial charge in [-0.25, -0.2) is 4.98 Å². The Morgan fingerprint density at radius 1 is 1.15 bits per heavy atom. The van der Waals surface area contributed by atoms with Gasteiger partial charge in [-0.05, 0) is 29.8 Å². The first-order valence-corrected chi connectivity index (χ1v) is 8.87. The third kappa shape index (κ3) is 2.57. The molecule has 2 N–H and O–H groups in total. The first-order valence-electron chi connectivity index (χ1n) is 8.08. The molecule has 1 unspecified atom stereocenters. The smallest absolute Gasteiger partial charge is 0.230 e.